The van der Waals surface area contributed by atoms with Crippen molar-refractivity contribution in [2.75, 3.05) is 6.26 Å². The highest BCUT2D eigenvalue weighted by molar-refractivity contribution is 7.98. The van der Waals surface area contributed by atoms with Crippen molar-refractivity contribution >= 4 is 56.8 Å². The molecule has 45 heavy (non-hydrogen) atoms. The molecule has 4 aromatic rings. The largest absolute Gasteiger partial charge is 0.456 e. The predicted octanol–water partition coefficient (Wildman–Crippen LogP) is 4.19. The molecule has 232 valence electrons. The highest BCUT2D eigenvalue weighted by atomic mass is 32.2. The van der Waals surface area contributed by atoms with Crippen molar-refractivity contribution in [3.63, 3.8) is 0 Å². The topological polar surface area (TPSA) is 161 Å². The van der Waals surface area contributed by atoms with Gasteiger partial charge in [0.15, 0.2) is 0 Å². The zero-order valence-electron chi connectivity index (χ0n) is 24.4. The highest BCUT2D eigenvalue weighted by Gasteiger charge is 2.60. The molecular weight excluding hydrogens is 622 g/mol. The Hall–Kier alpha value is -4.60. The number of non-ortho nitro benzene ring substituents is 2. The van der Waals surface area contributed by atoms with Crippen molar-refractivity contribution in [2.24, 2.45) is 11.8 Å². The summed E-state index contributed by atoms with van der Waals surface area (Å²) in [5.41, 5.74) is 2.21. The van der Waals surface area contributed by atoms with Crippen LogP contribution in [0.4, 0.5) is 11.4 Å². The Labute approximate surface area is 264 Å². The van der Waals surface area contributed by atoms with E-state index in [1.54, 1.807) is 30.8 Å². The number of β-lactam (4-membered cyclic amide) rings is 1. The monoisotopic (exact) mass is 650 g/mol. The lowest BCUT2D eigenvalue weighted by molar-refractivity contribution is -0.721. The minimum atomic E-state index is -0.890. The number of imidazole rings is 1. The summed E-state index contributed by atoms with van der Waals surface area (Å²) in [5, 5.41) is 33.4. The first-order valence-corrected chi connectivity index (χ1v) is 16.0. The molecule has 15 heteroatoms. The number of rotatable bonds is 10. The zero-order chi connectivity index (χ0) is 32.2. The first-order chi connectivity index (χ1) is 21.5. The third-order valence-corrected chi connectivity index (χ3v) is 10.3. The van der Waals surface area contributed by atoms with Crippen LogP contribution in [0.15, 0.2) is 71.8 Å². The van der Waals surface area contributed by atoms with Crippen LogP contribution in [0, 0.1) is 32.1 Å². The van der Waals surface area contributed by atoms with Gasteiger partial charge in [-0.1, -0.05) is 30.0 Å². The molecule has 13 nitrogen and oxygen atoms in total. The van der Waals surface area contributed by atoms with Crippen molar-refractivity contribution in [1.82, 2.24) is 9.30 Å². The summed E-state index contributed by atoms with van der Waals surface area (Å²) in [6, 6.07) is 11.7. The number of thioether (sulfide) groups is 1. The van der Waals surface area contributed by atoms with E-state index in [0.29, 0.717) is 17.7 Å². The van der Waals surface area contributed by atoms with Crippen molar-refractivity contribution in [1.29, 1.82) is 0 Å². The van der Waals surface area contributed by atoms with E-state index in [1.807, 2.05) is 34.7 Å². The number of ether oxygens (including phenoxy) is 1. The number of nitro groups is 2. The molecule has 1 amide bonds. The molecule has 2 aromatic carbocycles. The van der Waals surface area contributed by atoms with E-state index in [0.717, 1.165) is 20.3 Å². The van der Waals surface area contributed by atoms with Gasteiger partial charge in [0, 0.05) is 35.8 Å². The van der Waals surface area contributed by atoms with Gasteiger partial charge in [-0.05, 0) is 48.6 Å². The van der Waals surface area contributed by atoms with E-state index in [1.165, 1.54) is 52.6 Å². The Kier molecular flexibility index (Phi) is 7.93. The maximum atomic E-state index is 13.6. The molecule has 0 unspecified atom stereocenters. The molecule has 2 aromatic heterocycles. The number of aliphatic hydroxyl groups excluding tert-OH is 1. The number of hydrogen-bond donors (Lipinski definition) is 1. The van der Waals surface area contributed by atoms with E-state index in [-0.39, 0.29) is 35.5 Å². The molecule has 0 aliphatic carbocycles. The van der Waals surface area contributed by atoms with Gasteiger partial charge < -0.3 is 14.7 Å². The second-order valence-corrected chi connectivity index (χ2v) is 12.8. The van der Waals surface area contributed by atoms with Gasteiger partial charge in [0.1, 0.15) is 25.0 Å². The second kappa shape index (κ2) is 11.7. The average Bonchev–Trinajstić information content (AvgIpc) is 3.62. The van der Waals surface area contributed by atoms with Crippen LogP contribution in [0.2, 0.25) is 0 Å². The quantitative estimate of drug-likeness (QED) is 0.0663. The van der Waals surface area contributed by atoms with Crippen molar-refractivity contribution in [2.45, 2.75) is 44.2 Å². The summed E-state index contributed by atoms with van der Waals surface area (Å²) in [4.78, 5) is 51.1. The van der Waals surface area contributed by atoms with Gasteiger partial charge in [-0.25, -0.2) is 9.36 Å². The molecule has 4 atom stereocenters. The fourth-order valence-corrected chi connectivity index (χ4v) is 8.29. The second-order valence-electron chi connectivity index (χ2n) is 11.0. The Balaban J connectivity index is 1.33. The lowest BCUT2D eigenvalue weighted by Gasteiger charge is -2.46. The van der Waals surface area contributed by atoms with E-state index in [9.17, 15) is 34.9 Å². The Bertz CT molecular complexity index is 1880. The number of aromatic nitrogens is 2. The minimum Gasteiger partial charge on any atom is -0.456 e. The van der Waals surface area contributed by atoms with Crippen LogP contribution in [0.5, 0.6) is 0 Å². The van der Waals surface area contributed by atoms with Crippen LogP contribution >= 0.6 is 23.1 Å². The molecule has 0 spiro atoms. The molecular formula is C30H28N5O8S2+. The van der Waals surface area contributed by atoms with Crippen molar-refractivity contribution in [3.8, 4) is 0 Å². The highest BCUT2D eigenvalue weighted by Crippen LogP contribution is 2.52. The first-order valence-electron chi connectivity index (χ1n) is 14.0. The van der Waals surface area contributed by atoms with E-state index >= 15 is 0 Å². The molecule has 0 saturated carbocycles. The van der Waals surface area contributed by atoms with Gasteiger partial charge in [-0.2, -0.15) is 4.40 Å². The number of esters is 1. The summed E-state index contributed by atoms with van der Waals surface area (Å²) in [6.45, 7) is 3.86. The number of carbonyl (C=O) groups excluding carboxylic acids is 2. The van der Waals surface area contributed by atoms with Crippen LogP contribution < -0.4 is 4.57 Å². The Morgan fingerprint density at radius 2 is 1.69 bits per heavy atom. The summed E-state index contributed by atoms with van der Waals surface area (Å²) in [7, 11) is 0. The number of benzene rings is 2. The molecule has 0 radical (unpaired) electrons. The number of amides is 1. The summed E-state index contributed by atoms with van der Waals surface area (Å²) >= 11 is 3.02. The standard InChI is InChI=1S/C30H28N5O8S2/c1-16-23(22-13-32-15-31(28(44-3)29(32)45-22)12-18-4-8-20(9-5-18)34(39)40)26(33-25(16)24(17(2)36)27(33)37)30(38)43-14-19-6-10-21(11-7-19)35(41)42/h4-11,13,15-17,24-25,36H,12,14H2,1-3H3/q+1/t16-,17+,24+,25+/m0/s1. The maximum absolute atomic E-state index is 13.6. The summed E-state index contributed by atoms with van der Waals surface area (Å²) < 4.78 is 9.65. The average molecular weight is 651 g/mol. The van der Waals surface area contributed by atoms with Gasteiger partial charge in [0.05, 0.1) is 32.8 Å². The smallest absolute Gasteiger partial charge is 0.355 e. The van der Waals surface area contributed by atoms with Gasteiger partial charge >= 0.3 is 5.97 Å². The molecule has 1 N–H and O–H groups in total. The fourth-order valence-electron chi connectivity index (χ4n) is 6.11. The SMILES string of the molecule is CSc1c2sc(C3=C(C(=O)OCc4ccc([N+](=O)[O-])cc4)N4C(=O)[C@H]([C@@H](C)O)[C@H]4[C@H]3C)cn2c[n+]1Cc1ccc([N+](=O)[O-])cc1. The molecule has 1 fully saturated rings. The minimum absolute atomic E-state index is 0.0263. The van der Waals surface area contributed by atoms with E-state index in [2.05, 4.69) is 0 Å². The Morgan fingerprint density at radius 3 is 2.24 bits per heavy atom. The molecule has 1 saturated heterocycles. The molecule has 2 aliphatic rings. The van der Waals surface area contributed by atoms with Gasteiger partial charge in [0.2, 0.25) is 15.8 Å². The van der Waals surface area contributed by atoms with E-state index < -0.39 is 33.9 Å². The Morgan fingerprint density at radius 1 is 1.09 bits per heavy atom. The van der Waals surface area contributed by atoms with Gasteiger partial charge in [-0.15, -0.1) is 0 Å². The van der Waals surface area contributed by atoms with Gasteiger partial charge in [-0.3, -0.25) is 25.0 Å². The third-order valence-electron chi connectivity index (χ3n) is 8.25. The van der Waals surface area contributed by atoms with Crippen LogP contribution in [-0.2, 0) is 27.5 Å². The van der Waals surface area contributed by atoms with E-state index in [4.69, 9.17) is 4.74 Å². The molecule has 2 aliphatic heterocycles. The van der Waals surface area contributed by atoms with Crippen LogP contribution in [-0.4, -0.2) is 54.5 Å². The predicted molar refractivity (Wildman–Crippen MR) is 164 cm³/mol. The molecule has 6 rings (SSSR count). The number of carbonyl (C=O) groups is 2. The number of hydrogen-bond acceptors (Lipinski definition) is 10. The third kappa shape index (κ3) is 5.26. The number of fused-ring (bicyclic) bond motifs is 2. The zero-order valence-corrected chi connectivity index (χ0v) is 26.0. The van der Waals surface area contributed by atoms with Crippen molar-refractivity contribution in [3.05, 3.63) is 103 Å². The molecule has 4 heterocycles. The van der Waals surface area contributed by atoms with Crippen LogP contribution in [0.25, 0.3) is 10.4 Å². The van der Waals surface area contributed by atoms with Crippen molar-refractivity contribution < 1.29 is 33.8 Å². The summed E-state index contributed by atoms with van der Waals surface area (Å²) in [5.74, 6) is -1.94. The maximum Gasteiger partial charge on any atom is 0.355 e. The lowest BCUT2D eigenvalue weighted by Crippen LogP contribution is -2.63. The number of thiazole rings is 1. The number of aliphatic hydroxyl groups is 1. The van der Waals surface area contributed by atoms with Crippen LogP contribution in [0.3, 0.4) is 0 Å². The first kappa shape index (κ1) is 30.4. The van der Waals surface area contributed by atoms with Crippen LogP contribution in [0.1, 0.15) is 29.9 Å². The fraction of sp³-hybridized carbons (Fsp3) is 0.300. The normalized spacial score (nSPS) is 19.9. The summed E-state index contributed by atoms with van der Waals surface area (Å²) in [6.07, 6.45) is 4.90. The lowest BCUT2D eigenvalue weighted by atomic mass is 9.77. The molecule has 0 bridgehead atoms. The number of nitrogens with zero attached hydrogens (tertiary/aromatic N) is 5. The number of nitro benzene ring substituents is 2. The van der Waals surface area contributed by atoms with Gasteiger partial charge in [0.25, 0.3) is 17.7 Å².